The van der Waals surface area contributed by atoms with Crippen LogP contribution in [0.25, 0.3) is 0 Å². The van der Waals surface area contributed by atoms with Gasteiger partial charge in [0.05, 0.1) is 4.34 Å². The molecule has 0 aromatic carbocycles. The molecule has 21 heavy (non-hydrogen) atoms. The Bertz CT molecular complexity index is 477. The number of aliphatic imine (C=N–C) groups is 1. The summed E-state index contributed by atoms with van der Waals surface area (Å²) in [6.45, 7) is 7.60. The molecule has 7 heteroatoms. The zero-order valence-electron chi connectivity index (χ0n) is 12.7. The molecule has 0 atom stereocenters. The average Bonchev–Trinajstić information content (AvgIpc) is 2.79. The summed E-state index contributed by atoms with van der Waals surface area (Å²) in [7, 11) is 1.86. The van der Waals surface area contributed by atoms with E-state index < -0.39 is 0 Å². The van der Waals surface area contributed by atoms with Crippen LogP contribution in [0.2, 0.25) is 4.34 Å². The Morgan fingerprint density at radius 1 is 1.48 bits per heavy atom. The van der Waals surface area contributed by atoms with Gasteiger partial charge in [0.1, 0.15) is 0 Å². The molecule has 0 amide bonds. The molecule has 1 aromatic rings. The summed E-state index contributed by atoms with van der Waals surface area (Å²) < 4.78 is 1.16. The van der Waals surface area contributed by atoms with Gasteiger partial charge < -0.3 is 10.2 Å². The molecule has 0 radical (unpaired) electrons. The van der Waals surface area contributed by atoms with E-state index >= 15 is 0 Å². The van der Waals surface area contributed by atoms with Crippen LogP contribution < -0.4 is 5.32 Å². The van der Waals surface area contributed by atoms with Gasteiger partial charge in [-0.3, -0.25) is 4.99 Å². The first kappa shape index (κ1) is 19.4. The summed E-state index contributed by atoms with van der Waals surface area (Å²) in [6.07, 6.45) is 0.988. The van der Waals surface area contributed by atoms with Gasteiger partial charge in [0.15, 0.2) is 5.96 Å². The summed E-state index contributed by atoms with van der Waals surface area (Å²) in [5.74, 6) is 2.18. The van der Waals surface area contributed by atoms with Crippen molar-refractivity contribution >= 4 is 64.6 Å². The Hall–Kier alpha value is 0.340. The van der Waals surface area contributed by atoms with Crippen LogP contribution in [0.5, 0.6) is 0 Å². The highest BCUT2D eigenvalue weighted by molar-refractivity contribution is 14.0. The lowest BCUT2D eigenvalue weighted by atomic mass is 10.2. The van der Waals surface area contributed by atoms with E-state index in [4.69, 9.17) is 11.6 Å². The molecule has 0 aliphatic carbocycles. The quantitative estimate of drug-likeness (QED) is 0.421. The molecule has 120 valence electrons. The van der Waals surface area contributed by atoms with Crippen molar-refractivity contribution in [3.63, 3.8) is 0 Å². The third-order valence-electron chi connectivity index (χ3n) is 3.22. The van der Waals surface area contributed by atoms with Crippen molar-refractivity contribution in [1.29, 1.82) is 0 Å². The van der Waals surface area contributed by atoms with Crippen LogP contribution in [0.3, 0.4) is 0 Å². The number of rotatable bonds is 3. The van der Waals surface area contributed by atoms with Crippen molar-refractivity contribution in [3.05, 3.63) is 21.3 Å². The molecule has 1 saturated heterocycles. The predicted molar refractivity (Wildman–Crippen MR) is 108 cm³/mol. The van der Waals surface area contributed by atoms with Crippen molar-refractivity contribution in [3.8, 4) is 0 Å². The Kier molecular flexibility index (Phi) is 8.16. The van der Waals surface area contributed by atoms with Gasteiger partial charge in [0.25, 0.3) is 0 Å². The van der Waals surface area contributed by atoms with Crippen LogP contribution in [-0.4, -0.2) is 48.0 Å². The number of nitrogens with one attached hydrogen (secondary N) is 1. The van der Waals surface area contributed by atoms with Crippen molar-refractivity contribution in [2.45, 2.75) is 25.0 Å². The highest BCUT2D eigenvalue weighted by Crippen LogP contribution is 2.29. The molecule has 2 rings (SSSR count). The molecule has 0 bridgehead atoms. The lowest BCUT2D eigenvalue weighted by molar-refractivity contribution is 0.376. The lowest BCUT2D eigenvalue weighted by Crippen LogP contribution is -2.51. The van der Waals surface area contributed by atoms with E-state index in [1.807, 2.05) is 24.9 Å². The highest BCUT2D eigenvalue weighted by Gasteiger charge is 2.28. The predicted octanol–water partition coefficient (Wildman–Crippen LogP) is 3.96. The van der Waals surface area contributed by atoms with E-state index in [-0.39, 0.29) is 24.0 Å². The van der Waals surface area contributed by atoms with Crippen molar-refractivity contribution in [1.82, 2.24) is 10.2 Å². The molecule has 2 heterocycles. The summed E-state index contributed by atoms with van der Waals surface area (Å²) >= 11 is 9.64. The van der Waals surface area contributed by atoms with E-state index in [1.165, 1.54) is 4.88 Å². The minimum absolute atomic E-state index is 0. The Labute approximate surface area is 157 Å². The Morgan fingerprint density at radius 3 is 2.81 bits per heavy atom. The number of thiophene rings is 1. The van der Waals surface area contributed by atoms with Gasteiger partial charge in [0.2, 0.25) is 0 Å². The van der Waals surface area contributed by atoms with Crippen molar-refractivity contribution in [2.24, 2.45) is 4.99 Å². The number of nitrogens with zero attached hydrogens (tertiary/aromatic N) is 2. The first-order chi connectivity index (χ1) is 9.50. The summed E-state index contributed by atoms with van der Waals surface area (Å²) in [5, 5.41) is 3.46. The van der Waals surface area contributed by atoms with Gasteiger partial charge in [-0.25, -0.2) is 0 Å². The highest BCUT2D eigenvalue weighted by atomic mass is 127. The number of hydrogen-bond acceptors (Lipinski definition) is 3. The molecule has 1 aliphatic heterocycles. The number of halogens is 2. The minimum atomic E-state index is 0. The first-order valence-electron chi connectivity index (χ1n) is 6.84. The molecule has 0 spiro atoms. The fourth-order valence-electron chi connectivity index (χ4n) is 2.31. The van der Waals surface area contributed by atoms with Crippen LogP contribution in [0.4, 0.5) is 0 Å². The van der Waals surface area contributed by atoms with E-state index in [0.29, 0.717) is 4.75 Å². The maximum atomic E-state index is 5.95. The van der Waals surface area contributed by atoms with Crippen LogP contribution in [0.15, 0.2) is 17.1 Å². The molecular formula is C14H23ClIN3S2. The maximum absolute atomic E-state index is 5.95. The summed E-state index contributed by atoms with van der Waals surface area (Å²) in [6, 6.07) is 4.05. The summed E-state index contributed by atoms with van der Waals surface area (Å²) in [5.41, 5.74) is 0. The molecule has 1 N–H and O–H groups in total. The number of hydrogen-bond donors (Lipinski definition) is 1. The molecule has 3 nitrogen and oxygen atoms in total. The van der Waals surface area contributed by atoms with Gasteiger partial charge in [0, 0.05) is 42.1 Å². The minimum Gasteiger partial charge on any atom is -0.356 e. The number of thioether (sulfide) groups is 1. The molecular weight excluding hydrogens is 437 g/mol. The average molecular weight is 460 g/mol. The van der Waals surface area contributed by atoms with Crippen molar-refractivity contribution < 1.29 is 0 Å². The maximum Gasteiger partial charge on any atom is 0.193 e. The van der Waals surface area contributed by atoms with Crippen molar-refractivity contribution in [2.75, 3.05) is 32.4 Å². The first-order valence-corrected chi connectivity index (χ1v) is 9.02. The number of guanidine groups is 1. The van der Waals surface area contributed by atoms with Gasteiger partial charge in [-0.2, -0.15) is 11.8 Å². The van der Waals surface area contributed by atoms with E-state index in [2.05, 4.69) is 35.1 Å². The molecule has 1 aliphatic rings. The standard InChI is InChI=1S/C14H22ClN3S2.HI/c1-14(2)10-18(8-9-19-14)13(16-3)17-7-6-11-4-5-12(15)20-11;/h4-5H,6-10H2,1-3H3,(H,16,17);1H. The zero-order valence-corrected chi connectivity index (χ0v) is 17.4. The molecule has 1 fully saturated rings. The van der Waals surface area contributed by atoms with Gasteiger partial charge >= 0.3 is 0 Å². The lowest BCUT2D eigenvalue weighted by Gasteiger charge is -2.39. The Morgan fingerprint density at radius 2 is 2.24 bits per heavy atom. The SMILES string of the molecule is CN=C(NCCc1ccc(Cl)s1)N1CCSC(C)(C)C1.I. The van der Waals surface area contributed by atoms with E-state index in [1.54, 1.807) is 11.3 Å². The normalized spacial score (nSPS) is 18.3. The monoisotopic (exact) mass is 459 g/mol. The van der Waals surface area contributed by atoms with Crippen LogP contribution >= 0.6 is 58.7 Å². The van der Waals surface area contributed by atoms with Gasteiger partial charge in [-0.15, -0.1) is 35.3 Å². The smallest absolute Gasteiger partial charge is 0.193 e. The largest absolute Gasteiger partial charge is 0.356 e. The topological polar surface area (TPSA) is 27.6 Å². The van der Waals surface area contributed by atoms with Gasteiger partial charge in [-0.1, -0.05) is 11.6 Å². The fourth-order valence-corrected chi connectivity index (χ4v) is 4.51. The third kappa shape index (κ3) is 6.15. The van der Waals surface area contributed by atoms with Crippen LogP contribution in [0.1, 0.15) is 18.7 Å². The molecule has 0 unspecified atom stereocenters. The van der Waals surface area contributed by atoms with E-state index in [0.717, 1.165) is 42.1 Å². The molecule has 0 saturated carbocycles. The van der Waals surface area contributed by atoms with E-state index in [9.17, 15) is 0 Å². The van der Waals surface area contributed by atoms with Gasteiger partial charge in [-0.05, 0) is 32.4 Å². The van der Waals surface area contributed by atoms with Crippen LogP contribution in [-0.2, 0) is 6.42 Å². The fraction of sp³-hybridized carbons (Fsp3) is 0.643. The second-order valence-corrected chi connectivity index (χ2v) is 9.06. The molecule has 1 aromatic heterocycles. The van der Waals surface area contributed by atoms with Crippen LogP contribution in [0, 0.1) is 0 Å². The Balaban J connectivity index is 0.00000220. The second kappa shape index (κ2) is 8.84. The third-order valence-corrected chi connectivity index (χ3v) is 5.81. The summed E-state index contributed by atoms with van der Waals surface area (Å²) in [4.78, 5) is 8.08. The second-order valence-electron chi connectivity index (χ2n) is 5.46. The zero-order chi connectivity index (χ0) is 14.6.